The Labute approximate surface area is 162 Å². The highest BCUT2D eigenvalue weighted by atomic mass is 32.1. The highest BCUT2D eigenvalue weighted by Gasteiger charge is 2.44. The topological polar surface area (TPSA) is 75.6 Å². The van der Waals surface area contributed by atoms with Gasteiger partial charge in [0.25, 0.3) is 5.91 Å². The second kappa shape index (κ2) is 7.26. The van der Waals surface area contributed by atoms with Crippen molar-refractivity contribution in [3.63, 3.8) is 0 Å². The number of cyclic esters (lactones) is 1. The van der Waals surface area contributed by atoms with Crippen molar-refractivity contribution < 1.29 is 14.3 Å². The molecular weight excluding hydrogens is 364 g/mol. The monoisotopic (exact) mass is 386 g/mol. The first-order valence-electron chi connectivity index (χ1n) is 9.18. The molecule has 7 nitrogen and oxygen atoms in total. The van der Waals surface area contributed by atoms with Crippen LogP contribution in [-0.2, 0) is 4.74 Å². The van der Waals surface area contributed by atoms with Crippen LogP contribution in [0.15, 0.2) is 30.3 Å². The van der Waals surface area contributed by atoms with Crippen LogP contribution < -0.4 is 0 Å². The summed E-state index contributed by atoms with van der Waals surface area (Å²) in [6.45, 7) is 5.07. The lowest BCUT2D eigenvalue weighted by Gasteiger charge is -2.37. The molecule has 1 aromatic carbocycles. The summed E-state index contributed by atoms with van der Waals surface area (Å²) in [6, 6.07) is 9.91. The van der Waals surface area contributed by atoms with Gasteiger partial charge < -0.3 is 9.64 Å². The summed E-state index contributed by atoms with van der Waals surface area (Å²) in [5.41, 5.74) is 1.69. The maximum atomic E-state index is 12.6. The number of carbonyl (C=O) groups is 2. The molecular formula is C19H22N4O3S. The van der Waals surface area contributed by atoms with Gasteiger partial charge in [-0.3, -0.25) is 9.69 Å². The number of nitrogens with zero attached hydrogens (tertiary/aromatic N) is 4. The molecule has 3 heterocycles. The summed E-state index contributed by atoms with van der Waals surface area (Å²) in [4.78, 5) is 29.4. The van der Waals surface area contributed by atoms with Crippen molar-refractivity contribution >= 4 is 23.5 Å². The van der Waals surface area contributed by atoms with Gasteiger partial charge in [-0.2, -0.15) is 0 Å². The van der Waals surface area contributed by atoms with Crippen molar-refractivity contribution in [2.24, 2.45) is 0 Å². The second-order valence-electron chi connectivity index (χ2n) is 7.07. The molecule has 0 N–H and O–H groups in total. The number of benzene rings is 1. The number of ether oxygens (including phenoxy) is 1. The van der Waals surface area contributed by atoms with Gasteiger partial charge in [-0.05, 0) is 43.8 Å². The van der Waals surface area contributed by atoms with E-state index in [1.807, 2.05) is 47.1 Å². The molecule has 2 amide bonds. The minimum absolute atomic E-state index is 0.0137. The van der Waals surface area contributed by atoms with E-state index in [1.165, 1.54) is 0 Å². The van der Waals surface area contributed by atoms with Gasteiger partial charge in [0.15, 0.2) is 0 Å². The van der Waals surface area contributed by atoms with Crippen LogP contribution in [0.3, 0.4) is 0 Å². The van der Waals surface area contributed by atoms with Crippen LogP contribution in [0, 0.1) is 6.92 Å². The van der Waals surface area contributed by atoms with Gasteiger partial charge in [-0.25, -0.2) is 4.79 Å². The highest BCUT2D eigenvalue weighted by molar-refractivity contribution is 7.07. The Morgan fingerprint density at radius 1 is 1.22 bits per heavy atom. The molecule has 2 aliphatic rings. The van der Waals surface area contributed by atoms with E-state index in [2.05, 4.69) is 9.59 Å². The first-order valence-corrected chi connectivity index (χ1v) is 9.95. The van der Waals surface area contributed by atoms with E-state index in [-0.39, 0.29) is 30.2 Å². The molecule has 0 radical (unpaired) electrons. The Hall–Kier alpha value is -2.48. The van der Waals surface area contributed by atoms with Gasteiger partial charge in [0.05, 0.1) is 11.7 Å². The zero-order valence-electron chi connectivity index (χ0n) is 15.4. The Kier molecular flexibility index (Phi) is 4.82. The minimum Gasteiger partial charge on any atom is -0.439 e. The molecule has 27 heavy (non-hydrogen) atoms. The molecule has 0 spiro atoms. The molecule has 2 saturated heterocycles. The summed E-state index contributed by atoms with van der Waals surface area (Å²) in [7, 11) is 0. The third kappa shape index (κ3) is 3.29. The molecule has 4 rings (SSSR count). The lowest BCUT2D eigenvalue weighted by Crippen LogP contribution is -2.49. The van der Waals surface area contributed by atoms with E-state index in [0.717, 1.165) is 29.9 Å². The molecule has 2 fully saturated rings. The number of aromatic nitrogens is 2. The molecule has 0 unspecified atom stereocenters. The normalized spacial score (nSPS) is 23.6. The fourth-order valence-electron chi connectivity index (χ4n) is 3.97. The quantitative estimate of drug-likeness (QED) is 0.810. The SMILES string of the molecule is Cc1nnsc1C(=O)N1CCC(N2C(=O)O[C@H](c3ccccc3)[C@@H]2C)CC1. The van der Waals surface area contributed by atoms with Crippen LogP contribution in [0.4, 0.5) is 4.79 Å². The number of hydrogen-bond acceptors (Lipinski definition) is 6. The Morgan fingerprint density at radius 3 is 2.56 bits per heavy atom. The molecule has 2 aliphatic heterocycles. The average Bonchev–Trinajstić information content (AvgIpc) is 3.25. The van der Waals surface area contributed by atoms with Crippen molar-refractivity contribution in [3.05, 3.63) is 46.5 Å². The van der Waals surface area contributed by atoms with Crippen LogP contribution in [0.25, 0.3) is 0 Å². The third-order valence-electron chi connectivity index (χ3n) is 5.43. The van der Waals surface area contributed by atoms with Gasteiger partial charge in [0, 0.05) is 19.1 Å². The molecule has 0 saturated carbocycles. The van der Waals surface area contributed by atoms with Crippen molar-refractivity contribution in [1.82, 2.24) is 19.4 Å². The highest BCUT2D eigenvalue weighted by Crippen LogP contribution is 2.35. The fraction of sp³-hybridized carbons (Fsp3) is 0.474. The summed E-state index contributed by atoms with van der Waals surface area (Å²) < 4.78 is 9.51. The number of amides is 2. The molecule has 1 aromatic heterocycles. The average molecular weight is 386 g/mol. The van der Waals surface area contributed by atoms with Gasteiger partial charge >= 0.3 is 6.09 Å². The first kappa shape index (κ1) is 17.9. The maximum Gasteiger partial charge on any atom is 0.411 e. The lowest BCUT2D eigenvalue weighted by molar-refractivity contribution is 0.0644. The molecule has 2 atom stereocenters. The van der Waals surface area contributed by atoms with Crippen molar-refractivity contribution in [1.29, 1.82) is 0 Å². The minimum atomic E-state index is -0.261. The largest absolute Gasteiger partial charge is 0.439 e. The smallest absolute Gasteiger partial charge is 0.411 e. The van der Waals surface area contributed by atoms with Crippen molar-refractivity contribution in [2.45, 2.75) is 44.9 Å². The summed E-state index contributed by atoms with van der Waals surface area (Å²) in [5.74, 6) is -0.0137. The van der Waals surface area contributed by atoms with Crippen LogP contribution in [0.1, 0.15) is 46.8 Å². The lowest BCUT2D eigenvalue weighted by atomic mass is 9.98. The Balaban J connectivity index is 1.41. The van der Waals surface area contributed by atoms with Gasteiger partial charge in [-0.15, -0.1) is 5.10 Å². The Bertz CT molecular complexity index is 832. The molecule has 0 bridgehead atoms. The molecule has 8 heteroatoms. The van der Waals surface area contributed by atoms with Crippen LogP contribution in [0.5, 0.6) is 0 Å². The van der Waals surface area contributed by atoms with Crippen molar-refractivity contribution in [2.75, 3.05) is 13.1 Å². The zero-order valence-corrected chi connectivity index (χ0v) is 16.2. The maximum absolute atomic E-state index is 12.6. The summed E-state index contributed by atoms with van der Waals surface area (Å²) >= 11 is 1.14. The predicted molar refractivity (Wildman–Crippen MR) is 101 cm³/mol. The molecule has 0 aliphatic carbocycles. The number of hydrogen-bond donors (Lipinski definition) is 0. The Morgan fingerprint density at radius 2 is 1.93 bits per heavy atom. The van der Waals surface area contributed by atoms with E-state index in [9.17, 15) is 9.59 Å². The number of piperidine rings is 1. The predicted octanol–water partition coefficient (Wildman–Crippen LogP) is 3.03. The van der Waals surface area contributed by atoms with E-state index in [0.29, 0.717) is 23.7 Å². The van der Waals surface area contributed by atoms with Crippen molar-refractivity contribution in [3.8, 4) is 0 Å². The van der Waals surface area contributed by atoms with E-state index >= 15 is 0 Å². The van der Waals surface area contributed by atoms with E-state index < -0.39 is 0 Å². The van der Waals surface area contributed by atoms with E-state index in [1.54, 1.807) is 6.92 Å². The van der Waals surface area contributed by atoms with E-state index in [4.69, 9.17) is 4.74 Å². The standard InChI is InChI=1S/C19H22N4O3S/c1-12-17(27-21-20-12)18(24)22-10-8-15(9-11-22)23-13(2)16(26-19(23)25)14-6-4-3-5-7-14/h3-7,13,15-16H,8-11H2,1-2H3/t13-,16-/m0/s1. The van der Waals surface area contributed by atoms with Crippen LogP contribution >= 0.6 is 11.5 Å². The summed E-state index contributed by atoms with van der Waals surface area (Å²) in [5, 5.41) is 3.92. The third-order valence-corrected chi connectivity index (χ3v) is 6.25. The number of carbonyl (C=O) groups excluding carboxylic acids is 2. The van der Waals surface area contributed by atoms with Crippen LogP contribution in [0.2, 0.25) is 0 Å². The number of rotatable bonds is 3. The van der Waals surface area contributed by atoms with Gasteiger partial charge in [0.1, 0.15) is 11.0 Å². The first-order chi connectivity index (χ1) is 13.1. The fourth-order valence-corrected chi connectivity index (χ4v) is 4.59. The van der Waals surface area contributed by atoms with Crippen LogP contribution in [-0.4, -0.2) is 56.6 Å². The molecule has 2 aromatic rings. The summed E-state index contributed by atoms with van der Waals surface area (Å²) in [6.07, 6.45) is 0.989. The molecule has 142 valence electrons. The zero-order chi connectivity index (χ0) is 19.0. The number of aryl methyl sites for hydroxylation is 1. The second-order valence-corrected chi connectivity index (χ2v) is 7.83. The van der Waals surface area contributed by atoms with Gasteiger partial charge in [0.2, 0.25) is 0 Å². The number of likely N-dealkylation sites (tertiary alicyclic amines) is 1. The van der Waals surface area contributed by atoms with Gasteiger partial charge in [-0.1, -0.05) is 34.8 Å².